The van der Waals surface area contributed by atoms with Crippen molar-refractivity contribution in [2.75, 3.05) is 0 Å². The van der Waals surface area contributed by atoms with Crippen molar-refractivity contribution >= 4 is 10.6 Å². The minimum absolute atomic E-state index is 0.416. The molecule has 4 heteroatoms. The second-order valence-electron chi connectivity index (χ2n) is 3.36. The lowest BCUT2D eigenvalue weighted by Crippen LogP contribution is -2.15. The maximum atomic E-state index is 10.8. The summed E-state index contributed by atoms with van der Waals surface area (Å²) in [5, 5.41) is 9.64. The second kappa shape index (κ2) is 3.47. The molecule has 0 aliphatic heterocycles. The first-order valence-electron chi connectivity index (χ1n) is 3.87. The molecular formula is C9H12NO2S-. The third-order valence-electron chi connectivity index (χ3n) is 1.75. The van der Waals surface area contributed by atoms with Gasteiger partial charge < -0.3 is 14.1 Å². The molecular weight excluding hydrogens is 186 g/mol. The predicted octanol–water partition coefficient (Wildman–Crippen LogP) is 2.00. The molecule has 2 N–H and O–H groups in total. The molecule has 0 radical (unpaired) electrons. The van der Waals surface area contributed by atoms with Gasteiger partial charge in [0.1, 0.15) is 0 Å². The molecule has 0 saturated heterocycles. The lowest BCUT2D eigenvalue weighted by Gasteiger charge is -2.19. The molecule has 0 atom stereocenters. The number of benzene rings is 1. The zero-order valence-corrected chi connectivity index (χ0v) is 8.39. The van der Waals surface area contributed by atoms with Crippen molar-refractivity contribution < 1.29 is 9.32 Å². The molecule has 0 aliphatic carbocycles. The van der Waals surface area contributed by atoms with E-state index >= 15 is 0 Å². The van der Waals surface area contributed by atoms with Gasteiger partial charge in [-0.05, 0) is 19.4 Å². The van der Waals surface area contributed by atoms with Crippen molar-refractivity contribution in [2.24, 2.45) is 0 Å². The highest BCUT2D eigenvalue weighted by molar-refractivity contribution is 7.73. The van der Waals surface area contributed by atoms with E-state index in [2.05, 4.69) is 0 Å². The van der Waals surface area contributed by atoms with Crippen LogP contribution in [0, 0.1) is 4.78 Å². The van der Waals surface area contributed by atoms with Crippen LogP contribution in [0.3, 0.4) is 0 Å². The van der Waals surface area contributed by atoms with Crippen LogP contribution >= 0.6 is 0 Å². The largest absolute Gasteiger partial charge is 0.440 e. The Morgan fingerprint density at radius 2 is 2.08 bits per heavy atom. The van der Waals surface area contributed by atoms with Gasteiger partial charge in [0.2, 0.25) is 0 Å². The van der Waals surface area contributed by atoms with Gasteiger partial charge in [-0.2, -0.15) is 10.6 Å². The van der Waals surface area contributed by atoms with Gasteiger partial charge in [0.25, 0.3) is 0 Å². The molecule has 0 aliphatic rings. The zero-order valence-electron chi connectivity index (χ0n) is 7.57. The molecule has 1 aromatic rings. The van der Waals surface area contributed by atoms with Crippen LogP contribution in [0.25, 0.3) is 0 Å². The fourth-order valence-electron chi connectivity index (χ4n) is 0.992. The predicted molar refractivity (Wildman–Crippen MR) is 50.7 cm³/mol. The number of hydrogen-bond donors (Lipinski definition) is 2. The Labute approximate surface area is 79.4 Å². The minimum atomic E-state index is -1.74. The van der Waals surface area contributed by atoms with Gasteiger partial charge in [0, 0.05) is 0 Å². The van der Waals surface area contributed by atoms with Gasteiger partial charge in [0.15, 0.2) is 0 Å². The van der Waals surface area contributed by atoms with Crippen molar-refractivity contribution in [3.63, 3.8) is 0 Å². The Bertz CT molecular complexity index is 369. The molecule has 0 saturated carbocycles. The Morgan fingerprint density at radius 3 is 2.54 bits per heavy atom. The van der Waals surface area contributed by atoms with Gasteiger partial charge in [-0.15, -0.1) is 0 Å². The van der Waals surface area contributed by atoms with Crippen molar-refractivity contribution in [1.29, 1.82) is 4.78 Å². The topological polar surface area (TPSA) is 61.1 Å². The highest BCUT2D eigenvalue weighted by atomic mass is 32.2. The van der Waals surface area contributed by atoms with Crippen molar-refractivity contribution in [3.05, 3.63) is 29.8 Å². The highest BCUT2D eigenvalue weighted by Crippen LogP contribution is 2.20. The van der Waals surface area contributed by atoms with E-state index in [9.17, 15) is 9.32 Å². The Kier molecular flexibility index (Phi) is 2.73. The van der Waals surface area contributed by atoms with Crippen LogP contribution in [0.5, 0.6) is 0 Å². The highest BCUT2D eigenvalue weighted by Gasteiger charge is 2.14. The van der Waals surface area contributed by atoms with Crippen LogP contribution in [0.4, 0.5) is 0 Å². The van der Waals surface area contributed by atoms with Crippen molar-refractivity contribution in [3.8, 4) is 0 Å². The fraction of sp³-hybridized carbons (Fsp3) is 0.333. The van der Waals surface area contributed by atoms with Crippen LogP contribution in [-0.4, -0.2) is 5.11 Å². The van der Waals surface area contributed by atoms with Crippen molar-refractivity contribution in [1.82, 2.24) is 0 Å². The SMILES string of the molecule is CC(C)(O)c1cccc([S-](=N)=O)c1. The first kappa shape index (κ1) is 10.2. The van der Waals surface area contributed by atoms with Gasteiger partial charge in [-0.25, -0.2) is 0 Å². The molecule has 72 valence electrons. The van der Waals surface area contributed by atoms with E-state index in [0.29, 0.717) is 10.5 Å². The average Bonchev–Trinajstić information content (AvgIpc) is 2.03. The summed E-state index contributed by atoms with van der Waals surface area (Å²) in [5.41, 5.74) is -0.277. The third-order valence-corrected chi connectivity index (χ3v) is 2.44. The molecule has 1 aromatic carbocycles. The van der Waals surface area contributed by atoms with E-state index in [1.165, 1.54) is 0 Å². The van der Waals surface area contributed by atoms with Gasteiger partial charge in [-0.1, -0.05) is 29.2 Å². The van der Waals surface area contributed by atoms with Crippen LogP contribution in [0.2, 0.25) is 0 Å². The van der Waals surface area contributed by atoms with Gasteiger partial charge in [0.05, 0.1) is 5.60 Å². The summed E-state index contributed by atoms with van der Waals surface area (Å²) in [6.45, 7) is 3.30. The summed E-state index contributed by atoms with van der Waals surface area (Å²) in [6.07, 6.45) is 0. The van der Waals surface area contributed by atoms with Crippen LogP contribution in [0.15, 0.2) is 29.2 Å². The first-order chi connectivity index (χ1) is 5.91. The molecule has 1 rings (SSSR count). The maximum absolute atomic E-state index is 10.8. The molecule has 0 aromatic heterocycles. The van der Waals surface area contributed by atoms with Crippen LogP contribution < -0.4 is 0 Å². The van der Waals surface area contributed by atoms with Crippen LogP contribution in [0.1, 0.15) is 19.4 Å². The quantitative estimate of drug-likeness (QED) is 0.714. The zero-order chi connectivity index (χ0) is 10.1. The molecule has 13 heavy (non-hydrogen) atoms. The molecule has 0 fully saturated rings. The Morgan fingerprint density at radius 1 is 1.46 bits per heavy atom. The lowest BCUT2D eigenvalue weighted by atomic mass is 9.99. The molecule has 0 bridgehead atoms. The number of rotatable bonds is 2. The first-order valence-corrected chi connectivity index (χ1v) is 5.02. The summed E-state index contributed by atoms with van der Waals surface area (Å²) in [5.74, 6) is 0. The number of hydrogen-bond acceptors (Lipinski definition) is 4. The molecule has 0 heterocycles. The van der Waals surface area contributed by atoms with Gasteiger partial charge >= 0.3 is 0 Å². The average molecular weight is 198 g/mol. The summed E-state index contributed by atoms with van der Waals surface area (Å²) in [6, 6.07) is 6.63. The lowest BCUT2D eigenvalue weighted by molar-refractivity contribution is 0.0784. The standard InChI is InChI=1S/C9H12NO2S/c1-9(2,11)7-4-3-5-8(6-7)13(10)12/h3-6,10-11H,1-2H3/q-1. The number of aliphatic hydroxyl groups is 1. The van der Waals surface area contributed by atoms with Gasteiger partial charge in [-0.3, -0.25) is 0 Å². The monoisotopic (exact) mass is 198 g/mol. The summed E-state index contributed by atoms with van der Waals surface area (Å²) >= 11 is 0. The van der Waals surface area contributed by atoms with E-state index in [1.807, 2.05) is 0 Å². The molecule has 3 nitrogen and oxygen atoms in total. The summed E-state index contributed by atoms with van der Waals surface area (Å²) in [7, 11) is -1.74. The minimum Gasteiger partial charge on any atom is -0.440 e. The summed E-state index contributed by atoms with van der Waals surface area (Å²) < 4.78 is 17.8. The summed E-state index contributed by atoms with van der Waals surface area (Å²) in [4.78, 5) is 0.416. The van der Waals surface area contributed by atoms with E-state index < -0.39 is 16.2 Å². The van der Waals surface area contributed by atoms with E-state index in [1.54, 1.807) is 38.1 Å². The number of nitrogens with one attached hydrogen (secondary N) is 1. The molecule has 0 spiro atoms. The molecule has 0 unspecified atom stereocenters. The van der Waals surface area contributed by atoms with Crippen molar-refractivity contribution in [2.45, 2.75) is 24.3 Å². The fourth-order valence-corrected chi connectivity index (χ4v) is 1.43. The van der Waals surface area contributed by atoms with Crippen LogP contribution in [-0.2, 0) is 20.4 Å². The Balaban J connectivity index is 3.21. The normalized spacial score (nSPS) is 12.0. The maximum Gasteiger partial charge on any atom is 0.0839 e. The Hall–Kier alpha value is -0.870. The smallest absolute Gasteiger partial charge is 0.0839 e. The van der Waals surface area contributed by atoms with E-state index in [-0.39, 0.29) is 0 Å². The van der Waals surface area contributed by atoms with E-state index in [4.69, 9.17) is 4.78 Å². The molecule has 0 amide bonds. The third kappa shape index (κ3) is 2.54. The second-order valence-corrected chi connectivity index (χ2v) is 4.36. The van der Waals surface area contributed by atoms with E-state index in [0.717, 1.165) is 0 Å².